The molecular formula is C16H19ClN4O4. The molecule has 9 heteroatoms. The molecule has 0 saturated carbocycles. The maximum absolute atomic E-state index is 12.7. The summed E-state index contributed by atoms with van der Waals surface area (Å²) in [4.78, 5) is 42.0. The van der Waals surface area contributed by atoms with Gasteiger partial charge in [-0.3, -0.25) is 14.2 Å². The van der Waals surface area contributed by atoms with Gasteiger partial charge in [0.05, 0.1) is 10.5 Å². The maximum Gasteiger partial charge on any atom is 0.407 e. The van der Waals surface area contributed by atoms with Crippen molar-refractivity contribution in [2.24, 2.45) is 13.0 Å². The second-order valence-corrected chi connectivity index (χ2v) is 7.04. The van der Waals surface area contributed by atoms with Gasteiger partial charge >= 0.3 is 17.2 Å². The van der Waals surface area contributed by atoms with Crippen LogP contribution in [0.3, 0.4) is 0 Å². The van der Waals surface area contributed by atoms with Crippen molar-refractivity contribution in [3.63, 3.8) is 0 Å². The Bertz CT molecular complexity index is 967. The van der Waals surface area contributed by atoms with Crippen LogP contribution in [0.2, 0.25) is 5.02 Å². The number of amides is 1. The molecule has 1 amide bonds. The van der Waals surface area contributed by atoms with Crippen LogP contribution in [0.1, 0.15) is 26.3 Å². The minimum Gasteiger partial charge on any atom is -0.465 e. The minimum absolute atomic E-state index is 0.141. The normalized spacial score (nSPS) is 23.8. The molecule has 3 atom stereocenters. The molecule has 3 heterocycles. The molecule has 0 spiro atoms. The summed E-state index contributed by atoms with van der Waals surface area (Å²) in [5.74, 6) is -0.141. The maximum atomic E-state index is 12.7. The molecule has 1 aliphatic heterocycles. The summed E-state index contributed by atoms with van der Waals surface area (Å²) in [7, 11) is 1.51. The summed E-state index contributed by atoms with van der Waals surface area (Å²) in [5.41, 5.74) is -0.461. The molecule has 1 unspecified atom stereocenters. The lowest BCUT2D eigenvalue weighted by atomic mass is 9.89. The van der Waals surface area contributed by atoms with Gasteiger partial charge in [0.15, 0.2) is 5.65 Å². The smallest absolute Gasteiger partial charge is 0.407 e. The van der Waals surface area contributed by atoms with Crippen LogP contribution >= 0.6 is 11.6 Å². The van der Waals surface area contributed by atoms with Gasteiger partial charge < -0.3 is 14.6 Å². The van der Waals surface area contributed by atoms with Crippen molar-refractivity contribution in [3.8, 4) is 0 Å². The summed E-state index contributed by atoms with van der Waals surface area (Å²) in [6, 6.07) is 1.02. The van der Waals surface area contributed by atoms with Gasteiger partial charge in [0, 0.05) is 31.9 Å². The Hall–Kier alpha value is -2.35. The van der Waals surface area contributed by atoms with E-state index < -0.39 is 17.2 Å². The number of hydrogen-bond donors (Lipinski definition) is 1. The van der Waals surface area contributed by atoms with E-state index in [1.54, 1.807) is 13.0 Å². The molecule has 1 saturated heterocycles. The van der Waals surface area contributed by atoms with E-state index in [9.17, 15) is 19.5 Å². The fourth-order valence-electron chi connectivity index (χ4n) is 3.56. The average Bonchev–Trinajstić information content (AvgIpc) is 2.56. The second kappa shape index (κ2) is 6.18. The number of carboxylic acid groups (broad SMARTS) is 1. The summed E-state index contributed by atoms with van der Waals surface area (Å²) in [6.07, 6.45) is 0.883. The van der Waals surface area contributed by atoms with Gasteiger partial charge in [-0.25, -0.2) is 9.78 Å². The number of pyridine rings is 1. The van der Waals surface area contributed by atoms with Crippen LogP contribution in [0.5, 0.6) is 0 Å². The first-order valence-corrected chi connectivity index (χ1v) is 8.36. The zero-order valence-corrected chi connectivity index (χ0v) is 14.9. The Labute approximate surface area is 148 Å². The number of piperidine rings is 1. The molecule has 2 aromatic heterocycles. The molecule has 25 heavy (non-hydrogen) atoms. The Kier molecular flexibility index (Phi) is 4.32. The Morgan fingerprint density at radius 1 is 1.32 bits per heavy atom. The monoisotopic (exact) mass is 366 g/mol. The summed E-state index contributed by atoms with van der Waals surface area (Å²) >= 11 is 5.99. The van der Waals surface area contributed by atoms with Crippen LogP contribution in [0.15, 0.2) is 21.9 Å². The molecule has 0 bridgehead atoms. The molecule has 2 aromatic rings. The predicted octanol–water partition coefficient (Wildman–Crippen LogP) is 1.70. The third-order valence-corrected chi connectivity index (χ3v) is 5.15. The standard InChI is InChI=1S/C16H19ClN4O4/c1-8-7-20(16(24)25)9(2)4-11(8)21-13-12(5-10(17)6-18-13)19(3)14(22)15(21)23/h5-6,8-9,11H,4,7H2,1-3H3,(H,24,25)/t8-,9+,11?/m0/s1. The van der Waals surface area contributed by atoms with Crippen molar-refractivity contribution >= 4 is 28.9 Å². The molecule has 1 N–H and O–H groups in total. The van der Waals surface area contributed by atoms with E-state index in [-0.39, 0.29) is 24.5 Å². The van der Waals surface area contributed by atoms with E-state index in [2.05, 4.69) is 4.98 Å². The number of hydrogen-bond acceptors (Lipinski definition) is 4. The highest BCUT2D eigenvalue weighted by atomic mass is 35.5. The van der Waals surface area contributed by atoms with Gasteiger partial charge in [-0.05, 0) is 25.3 Å². The van der Waals surface area contributed by atoms with Crippen molar-refractivity contribution in [2.45, 2.75) is 32.4 Å². The minimum atomic E-state index is -0.983. The molecule has 0 aromatic carbocycles. The molecule has 134 valence electrons. The lowest BCUT2D eigenvalue weighted by Crippen LogP contribution is -2.51. The van der Waals surface area contributed by atoms with Crippen LogP contribution in [-0.4, -0.2) is 42.8 Å². The number of fused-ring (bicyclic) bond motifs is 1. The zero-order valence-electron chi connectivity index (χ0n) is 14.1. The van der Waals surface area contributed by atoms with E-state index in [1.807, 2.05) is 6.92 Å². The number of nitrogens with zero attached hydrogens (tertiary/aromatic N) is 4. The van der Waals surface area contributed by atoms with Crippen molar-refractivity contribution < 1.29 is 9.90 Å². The Balaban J connectivity index is 2.21. The molecular weight excluding hydrogens is 348 g/mol. The Morgan fingerprint density at radius 2 is 2.00 bits per heavy atom. The highest BCUT2D eigenvalue weighted by molar-refractivity contribution is 6.31. The lowest BCUT2D eigenvalue weighted by molar-refractivity contribution is 0.0728. The first kappa shape index (κ1) is 17.5. The molecule has 8 nitrogen and oxygen atoms in total. The first-order valence-electron chi connectivity index (χ1n) is 7.98. The summed E-state index contributed by atoms with van der Waals surface area (Å²) in [5, 5.41) is 9.67. The van der Waals surface area contributed by atoms with Crippen molar-refractivity contribution in [3.05, 3.63) is 38.0 Å². The fourth-order valence-corrected chi connectivity index (χ4v) is 3.71. The first-order chi connectivity index (χ1) is 11.7. The zero-order chi connectivity index (χ0) is 18.5. The van der Waals surface area contributed by atoms with Gasteiger partial charge in [-0.1, -0.05) is 18.5 Å². The highest BCUT2D eigenvalue weighted by Crippen LogP contribution is 2.32. The summed E-state index contributed by atoms with van der Waals surface area (Å²) < 4.78 is 2.65. The van der Waals surface area contributed by atoms with Crippen LogP contribution < -0.4 is 11.1 Å². The molecule has 0 radical (unpaired) electrons. The van der Waals surface area contributed by atoms with Gasteiger partial charge in [-0.2, -0.15) is 0 Å². The molecule has 1 fully saturated rings. The molecule has 3 rings (SSSR count). The quantitative estimate of drug-likeness (QED) is 0.775. The van der Waals surface area contributed by atoms with Gasteiger partial charge in [0.1, 0.15) is 0 Å². The second-order valence-electron chi connectivity index (χ2n) is 6.60. The van der Waals surface area contributed by atoms with E-state index in [0.717, 1.165) is 0 Å². The van der Waals surface area contributed by atoms with Crippen molar-refractivity contribution in [2.75, 3.05) is 6.54 Å². The lowest BCUT2D eigenvalue weighted by Gasteiger charge is -2.40. The average molecular weight is 367 g/mol. The third-order valence-electron chi connectivity index (χ3n) is 4.94. The third kappa shape index (κ3) is 2.80. The van der Waals surface area contributed by atoms with Gasteiger partial charge in [0.2, 0.25) is 0 Å². The predicted molar refractivity (Wildman–Crippen MR) is 93.3 cm³/mol. The van der Waals surface area contributed by atoms with E-state index in [1.165, 1.54) is 27.3 Å². The van der Waals surface area contributed by atoms with Crippen LogP contribution in [0.25, 0.3) is 11.2 Å². The van der Waals surface area contributed by atoms with Crippen LogP contribution in [-0.2, 0) is 7.05 Å². The van der Waals surface area contributed by atoms with Crippen molar-refractivity contribution in [1.82, 2.24) is 19.0 Å². The van der Waals surface area contributed by atoms with Gasteiger partial charge in [-0.15, -0.1) is 0 Å². The highest BCUT2D eigenvalue weighted by Gasteiger charge is 2.36. The molecule has 1 aliphatic rings. The van der Waals surface area contributed by atoms with Crippen molar-refractivity contribution in [1.29, 1.82) is 0 Å². The number of aromatic nitrogens is 3. The van der Waals surface area contributed by atoms with E-state index in [4.69, 9.17) is 11.6 Å². The number of aryl methyl sites for hydroxylation is 1. The number of halogens is 1. The van der Waals surface area contributed by atoms with E-state index in [0.29, 0.717) is 22.6 Å². The van der Waals surface area contributed by atoms with Gasteiger partial charge in [0.25, 0.3) is 0 Å². The number of carbonyl (C=O) groups is 1. The fraction of sp³-hybridized carbons (Fsp3) is 0.500. The largest absolute Gasteiger partial charge is 0.465 e. The Morgan fingerprint density at radius 3 is 2.64 bits per heavy atom. The van der Waals surface area contributed by atoms with E-state index >= 15 is 0 Å². The van der Waals surface area contributed by atoms with Crippen LogP contribution in [0, 0.1) is 5.92 Å². The number of likely N-dealkylation sites (tertiary alicyclic amines) is 1. The number of rotatable bonds is 1. The SMILES string of the molecule is C[C@@H]1CC(n2c(=O)c(=O)n(C)c3cc(Cl)cnc32)[C@@H](C)CN1C(=O)O. The van der Waals surface area contributed by atoms with Crippen LogP contribution in [0.4, 0.5) is 4.79 Å². The molecule has 0 aliphatic carbocycles. The topological polar surface area (TPSA) is 97.4 Å². The summed E-state index contributed by atoms with van der Waals surface area (Å²) in [6.45, 7) is 3.96.